The van der Waals surface area contributed by atoms with Gasteiger partial charge in [-0.1, -0.05) is 6.07 Å². The maximum Gasteiger partial charge on any atom is 0.339 e. The average molecular weight is 494 g/mol. The Balaban J connectivity index is 1.41. The molecule has 0 atom stereocenters. The molecule has 0 aliphatic heterocycles. The quantitative estimate of drug-likeness (QED) is 0.251. The van der Waals surface area contributed by atoms with Gasteiger partial charge in [0.1, 0.15) is 23.7 Å². The topological polar surface area (TPSA) is 93.6 Å². The van der Waals surface area contributed by atoms with Crippen LogP contribution in [-0.4, -0.2) is 41.4 Å². The Bertz CT molecular complexity index is 1280. The van der Waals surface area contributed by atoms with E-state index in [4.69, 9.17) is 14.5 Å². The van der Waals surface area contributed by atoms with E-state index in [-0.39, 0.29) is 11.4 Å². The lowest BCUT2D eigenvalue weighted by molar-refractivity contribution is 0.0697. The molecule has 0 radical (unpaired) electrons. The van der Waals surface area contributed by atoms with Crippen molar-refractivity contribution in [1.82, 2.24) is 9.97 Å². The minimum atomic E-state index is -1.03. The number of hydrogen-bond acceptors (Lipinski definition) is 8. The fraction of sp³-hybridized carbons (Fsp3) is 0.240. The predicted octanol–water partition coefficient (Wildman–Crippen LogP) is 6.28. The van der Waals surface area contributed by atoms with E-state index in [1.807, 2.05) is 41.8 Å². The standard InChI is InChI=1S/C25H23N3O4S2/c1-31-10-11-32-18-8-6-15(7-9-18)21-22(16-4-5-16)34-25(27-21)28-23-19(24(29)30)13-17(14-26-23)20-3-2-12-33-20/h2-3,6-9,12-14,16H,4-5,10-11H2,1H3,(H,29,30)(H,26,27,28). The van der Waals surface area contributed by atoms with Crippen LogP contribution in [0.25, 0.3) is 21.7 Å². The Kier molecular flexibility index (Phi) is 6.57. The van der Waals surface area contributed by atoms with Gasteiger partial charge in [0.25, 0.3) is 0 Å². The lowest BCUT2D eigenvalue weighted by Gasteiger charge is -2.08. The van der Waals surface area contributed by atoms with Crippen molar-refractivity contribution in [3.05, 3.63) is 64.5 Å². The van der Waals surface area contributed by atoms with E-state index in [1.54, 1.807) is 42.0 Å². The molecule has 3 heterocycles. The van der Waals surface area contributed by atoms with Gasteiger partial charge < -0.3 is 19.9 Å². The fourth-order valence-electron chi connectivity index (χ4n) is 3.57. The van der Waals surface area contributed by atoms with E-state index in [0.717, 1.165) is 40.3 Å². The number of carbonyl (C=O) groups is 1. The maximum atomic E-state index is 12.0. The molecule has 34 heavy (non-hydrogen) atoms. The molecular formula is C25H23N3O4S2. The average Bonchev–Trinajstić information content (AvgIpc) is 3.37. The first kappa shape index (κ1) is 22.5. The van der Waals surface area contributed by atoms with Crippen LogP contribution in [0.15, 0.2) is 54.0 Å². The molecule has 0 bridgehead atoms. The van der Waals surface area contributed by atoms with Crippen molar-refractivity contribution in [2.24, 2.45) is 0 Å². The van der Waals surface area contributed by atoms with Crippen molar-refractivity contribution < 1.29 is 19.4 Å². The van der Waals surface area contributed by atoms with Crippen molar-refractivity contribution >= 4 is 39.6 Å². The summed E-state index contributed by atoms with van der Waals surface area (Å²) in [5, 5.41) is 15.5. The smallest absolute Gasteiger partial charge is 0.339 e. The maximum absolute atomic E-state index is 12.0. The number of hydrogen-bond donors (Lipinski definition) is 2. The molecule has 3 aromatic heterocycles. The summed E-state index contributed by atoms with van der Waals surface area (Å²) in [6.07, 6.45) is 3.97. The first-order valence-electron chi connectivity index (χ1n) is 10.9. The monoisotopic (exact) mass is 493 g/mol. The van der Waals surface area contributed by atoms with Gasteiger partial charge in [0.15, 0.2) is 5.13 Å². The number of methoxy groups -OCH3 is 1. The van der Waals surface area contributed by atoms with Gasteiger partial charge in [-0.05, 0) is 60.5 Å². The number of pyridine rings is 1. The van der Waals surface area contributed by atoms with Gasteiger partial charge in [-0.2, -0.15) is 0 Å². The Morgan fingerprint density at radius 1 is 1.18 bits per heavy atom. The van der Waals surface area contributed by atoms with Crippen LogP contribution in [0, 0.1) is 0 Å². The molecular weight excluding hydrogens is 470 g/mol. The Morgan fingerprint density at radius 3 is 2.68 bits per heavy atom. The third-order valence-corrected chi connectivity index (χ3v) is 7.49. The zero-order valence-electron chi connectivity index (χ0n) is 18.5. The number of nitrogens with one attached hydrogen (secondary N) is 1. The molecule has 1 fully saturated rings. The molecule has 174 valence electrons. The van der Waals surface area contributed by atoms with E-state index in [2.05, 4.69) is 10.3 Å². The largest absolute Gasteiger partial charge is 0.491 e. The summed E-state index contributed by atoms with van der Waals surface area (Å²) in [7, 11) is 1.65. The molecule has 7 nitrogen and oxygen atoms in total. The zero-order chi connectivity index (χ0) is 23.5. The highest BCUT2D eigenvalue weighted by Crippen LogP contribution is 2.48. The lowest BCUT2D eigenvalue weighted by Crippen LogP contribution is -2.05. The van der Waals surface area contributed by atoms with Gasteiger partial charge in [-0.25, -0.2) is 14.8 Å². The highest BCUT2D eigenvalue weighted by Gasteiger charge is 2.30. The van der Waals surface area contributed by atoms with Crippen molar-refractivity contribution in [3.63, 3.8) is 0 Å². The molecule has 0 saturated heterocycles. The van der Waals surface area contributed by atoms with Crippen LogP contribution < -0.4 is 10.1 Å². The van der Waals surface area contributed by atoms with Gasteiger partial charge in [0, 0.05) is 34.2 Å². The summed E-state index contributed by atoms with van der Waals surface area (Å²) in [6.45, 7) is 1.04. The lowest BCUT2D eigenvalue weighted by atomic mass is 10.1. The van der Waals surface area contributed by atoms with E-state index >= 15 is 0 Å². The summed E-state index contributed by atoms with van der Waals surface area (Å²) in [5.74, 6) is 0.534. The van der Waals surface area contributed by atoms with Crippen LogP contribution >= 0.6 is 22.7 Å². The summed E-state index contributed by atoms with van der Waals surface area (Å²) in [6, 6.07) is 13.4. The molecule has 0 spiro atoms. The van der Waals surface area contributed by atoms with E-state index in [9.17, 15) is 9.90 Å². The van der Waals surface area contributed by atoms with Crippen LogP contribution in [0.1, 0.15) is 34.0 Å². The minimum Gasteiger partial charge on any atom is -0.491 e. The van der Waals surface area contributed by atoms with Crippen LogP contribution in [-0.2, 0) is 4.74 Å². The van der Waals surface area contributed by atoms with E-state index < -0.39 is 5.97 Å². The number of thiophene rings is 1. The number of thiazole rings is 1. The molecule has 5 rings (SSSR count). The second-order valence-corrected chi connectivity index (χ2v) is 9.88. The third kappa shape index (κ3) is 4.96. The highest BCUT2D eigenvalue weighted by atomic mass is 32.1. The Morgan fingerprint density at radius 2 is 2.00 bits per heavy atom. The van der Waals surface area contributed by atoms with E-state index in [0.29, 0.717) is 24.3 Å². The molecule has 1 aromatic carbocycles. The Hall–Kier alpha value is -3.27. The predicted molar refractivity (Wildman–Crippen MR) is 135 cm³/mol. The summed E-state index contributed by atoms with van der Waals surface area (Å²) in [4.78, 5) is 23.4. The molecule has 0 amide bonds. The summed E-state index contributed by atoms with van der Waals surface area (Å²) in [5.41, 5.74) is 2.83. The third-order valence-electron chi connectivity index (χ3n) is 5.43. The number of aromatic nitrogens is 2. The number of carboxylic acids is 1. The molecule has 2 N–H and O–H groups in total. The van der Waals surface area contributed by atoms with Crippen LogP contribution in [0.3, 0.4) is 0 Å². The van der Waals surface area contributed by atoms with Gasteiger partial charge in [-0.15, -0.1) is 22.7 Å². The normalized spacial score (nSPS) is 13.1. The van der Waals surface area contributed by atoms with Crippen LogP contribution in [0.5, 0.6) is 5.75 Å². The van der Waals surface area contributed by atoms with Crippen LogP contribution in [0.4, 0.5) is 10.9 Å². The van der Waals surface area contributed by atoms with Gasteiger partial charge in [0.2, 0.25) is 0 Å². The second-order valence-electron chi connectivity index (χ2n) is 7.90. The fourth-order valence-corrected chi connectivity index (χ4v) is 5.44. The van der Waals surface area contributed by atoms with Crippen molar-refractivity contribution in [2.75, 3.05) is 25.6 Å². The number of carboxylic acid groups (broad SMARTS) is 1. The van der Waals surface area contributed by atoms with Crippen molar-refractivity contribution in [1.29, 1.82) is 0 Å². The number of benzene rings is 1. The molecule has 1 aliphatic carbocycles. The first-order valence-corrected chi connectivity index (χ1v) is 12.6. The zero-order valence-corrected chi connectivity index (χ0v) is 20.1. The van der Waals surface area contributed by atoms with Crippen molar-refractivity contribution in [3.8, 4) is 27.4 Å². The van der Waals surface area contributed by atoms with Gasteiger partial charge >= 0.3 is 5.97 Å². The number of anilines is 2. The molecule has 0 unspecified atom stereocenters. The van der Waals surface area contributed by atoms with E-state index in [1.165, 1.54) is 4.88 Å². The van der Waals surface area contributed by atoms with Gasteiger partial charge in [0.05, 0.1) is 12.3 Å². The van der Waals surface area contributed by atoms with Crippen LogP contribution in [0.2, 0.25) is 0 Å². The minimum absolute atomic E-state index is 0.119. The Labute approximate surface area is 205 Å². The second kappa shape index (κ2) is 9.92. The molecule has 4 aromatic rings. The highest BCUT2D eigenvalue weighted by molar-refractivity contribution is 7.16. The number of ether oxygens (including phenoxy) is 2. The molecule has 1 aliphatic rings. The summed E-state index contributed by atoms with van der Waals surface area (Å²) >= 11 is 3.11. The SMILES string of the molecule is COCCOc1ccc(-c2nc(Nc3ncc(-c4cccs4)cc3C(=O)O)sc2C2CC2)cc1. The van der Waals surface area contributed by atoms with Crippen molar-refractivity contribution in [2.45, 2.75) is 18.8 Å². The summed E-state index contributed by atoms with van der Waals surface area (Å²) < 4.78 is 10.7. The number of rotatable bonds is 10. The number of nitrogens with zero attached hydrogens (tertiary/aromatic N) is 2. The van der Waals surface area contributed by atoms with Gasteiger partial charge in [-0.3, -0.25) is 0 Å². The molecule has 9 heteroatoms. The first-order chi connectivity index (χ1) is 16.6. The number of aromatic carboxylic acids is 1. The molecule has 1 saturated carbocycles.